The van der Waals surface area contributed by atoms with Gasteiger partial charge in [0, 0.05) is 12.8 Å². The lowest BCUT2D eigenvalue weighted by Gasteiger charge is -2.02. The predicted octanol–water partition coefficient (Wildman–Crippen LogP) is 5.46. The number of hydrogen-bond donors (Lipinski definition) is 0. The fourth-order valence-corrected chi connectivity index (χ4v) is 2.37. The molecule has 0 heteroatoms. The van der Waals surface area contributed by atoms with E-state index in [9.17, 15) is 0 Å². The van der Waals surface area contributed by atoms with Crippen molar-refractivity contribution < 1.29 is 0 Å². The van der Waals surface area contributed by atoms with Crippen molar-refractivity contribution in [2.24, 2.45) is 0 Å². The third-order valence-corrected chi connectivity index (χ3v) is 3.48. The summed E-state index contributed by atoms with van der Waals surface area (Å²) in [6.45, 7) is 0. The standard InChI is InChI=1S/C16H28/c1-2-4-6-8-10-12-14-16-15-13-11-9-7-5-3-1/h1-14H2. The first-order valence-electron chi connectivity index (χ1n) is 7.46. The van der Waals surface area contributed by atoms with E-state index in [0.717, 1.165) is 12.8 Å². The molecule has 16 heavy (non-hydrogen) atoms. The van der Waals surface area contributed by atoms with Crippen LogP contribution in [0.5, 0.6) is 0 Å². The van der Waals surface area contributed by atoms with Crippen LogP contribution in [0.25, 0.3) is 0 Å². The highest BCUT2D eigenvalue weighted by atomic mass is 14.0. The molecule has 0 heterocycles. The minimum absolute atomic E-state index is 1.14. The second kappa shape index (κ2) is 11.1. The Labute approximate surface area is 102 Å². The molecule has 0 atom stereocenters. The SMILES string of the molecule is C1#CCCCCCCCCCCCCCC1. The van der Waals surface area contributed by atoms with Crippen molar-refractivity contribution in [2.75, 3.05) is 0 Å². The van der Waals surface area contributed by atoms with Gasteiger partial charge < -0.3 is 0 Å². The minimum atomic E-state index is 1.14. The fourth-order valence-electron chi connectivity index (χ4n) is 2.37. The molecule has 0 aromatic heterocycles. The third-order valence-electron chi connectivity index (χ3n) is 3.48. The van der Waals surface area contributed by atoms with E-state index in [1.54, 1.807) is 0 Å². The zero-order chi connectivity index (χ0) is 11.3. The smallest absolute Gasteiger partial charge is 0.00886 e. The van der Waals surface area contributed by atoms with Gasteiger partial charge in [-0.15, -0.1) is 11.8 Å². The van der Waals surface area contributed by atoms with Gasteiger partial charge in [-0.2, -0.15) is 0 Å². The van der Waals surface area contributed by atoms with E-state index in [-0.39, 0.29) is 0 Å². The summed E-state index contributed by atoms with van der Waals surface area (Å²) in [4.78, 5) is 0. The molecule has 0 bridgehead atoms. The second-order valence-electron chi connectivity index (χ2n) is 5.10. The van der Waals surface area contributed by atoms with Crippen molar-refractivity contribution in [3.05, 3.63) is 0 Å². The van der Waals surface area contributed by atoms with Crippen LogP contribution in [0.3, 0.4) is 0 Å². The Morgan fingerprint density at radius 2 is 0.562 bits per heavy atom. The minimum Gasteiger partial charge on any atom is -0.103 e. The topological polar surface area (TPSA) is 0 Å². The van der Waals surface area contributed by atoms with Crippen LogP contribution in [0.1, 0.15) is 89.9 Å². The first-order chi connectivity index (χ1) is 8.00. The number of hydrogen-bond acceptors (Lipinski definition) is 0. The van der Waals surface area contributed by atoms with Crippen molar-refractivity contribution >= 4 is 0 Å². The fraction of sp³-hybridized carbons (Fsp3) is 0.875. The van der Waals surface area contributed by atoms with Crippen molar-refractivity contribution in [3.63, 3.8) is 0 Å². The molecular formula is C16H28. The number of rotatable bonds is 0. The van der Waals surface area contributed by atoms with Gasteiger partial charge >= 0.3 is 0 Å². The van der Waals surface area contributed by atoms with Crippen LogP contribution >= 0.6 is 0 Å². The summed E-state index contributed by atoms with van der Waals surface area (Å²) in [7, 11) is 0. The molecule has 1 rings (SSSR count). The van der Waals surface area contributed by atoms with Crippen molar-refractivity contribution in [3.8, 4) is 11.8 Å². The van der Waals surface area contributed by atoms with Gasteiger partial charge in [0.1, 0.15) is 0 Å². The molecule has 0 aliphatic heterocycles. The van der Waals surface area contributed by atoms with Crippen molar-refractivity contribution in [1.82, 2.24) is 0 Å². The Morgan fingerprint density at radius 3 is 0.875 bits per heavy atom. The van der Waals surface area contributed by atoms with Crippen LogP contribution in [0.15, 0.2) is 0 Å². The highest BCUT2D eigenvalue weighted by Gasteiger charge is 1.94. The summed E-state index contributed by atoms with van der Waals surface area (Å²) >= 11 is 0. The molecule has 0 unspecified atom stereocenters. The molecule has 0 aromatic rings. The molecular weight excluding hydrogens is 192 g/mol. The summed E-state index contributed by atoms with van der Waals surface area (Å²) in [6, 6.07) is 0. The third kappa shape index (κ3) is 8.84. The average molecular weight is 220 g/mol. The van der Waals surface area contributed by atoms with E-state index in [1.807, 2.05) is 0 Å². The lowest BCUT2D eigenvalue weighted by atomic mass is 10.0. The highest BCUT2D eigenvalue weighted by Crippen LogP contribution is 2.13. The molecule has 0 saturated carbocycles. The van der Waals surface area contributed by atoms with Gasteiger partial charge in [0.2, 0.25) is 0 Å². The largest absolute Gasteiger partial charge is 0.103 e. The maximum atomic E-state index is 3.32. The van der Waals surface area contributed by atoms with Gasteiger partial charge in [-0.25, -0.2) is 0 Å². The van der Waals surface area contributed by atoms with Crippen LogP contribution in [-0.2, 0) is 0 Å². The molecule has 92 valence electrons. The normalized spacial score (nSPS) is 22.0. The van der Waals surface area contributed by atoms with Gasteiger partial charge in [0.15, 0.2) is 0 Å². The molecule has 0 fully saturated rings. The molecule has 0 nitrogen and oxygen atoms in total. The lowest BCUT2D eigenvalue weighted by molar-refractivity contribution is 0.542. The maximum absolute atomic E-state index is 3.32. The average Bonchev–Trinajstić information content (AvgIpc) is 2.29. The zero-order valence-electron chi connectivity index (χ0n) is 10.9. The Bertz CT molecular complexity index is 174. The molecule has 0 aromatic carbocycles. The predicted molar refractivity (Wildman–Crippen MR) is 72.4 cm³/mol. The van der Waals surface area contributed by atoms with Crippen LogP contribution in [-0.4, -0.2) is 0 Å². The Balaban J connectivity index is 2.10. The molecule has 0 amide bonds. The first kappa shape index (κ1) is 13.6. The van der Waals surface area contributed by atoms with Crippen LogP contribution in [0.2, 0.25) is 0 Å². The molecule has 1 aliphatic rings. The second-order valence-corrected chi connectivity index (χ2v) is 5.10. The molecule has 0 spiro atoms. The molecule has 0 N–H and O–H groups in total. The first-order valence-corrected chi connectivity index (χ1v) is 7.46. The van der Waals surface area contributed by atoms with E-state index in [2.05, 4.69) is 11.8 Å². The zero-order valence-corrected chi connectivity index (χ0v) is 10.9. The van der Waals surface area contributed by atoms with Gasteiger partial charge in [-0.05, 0) is 12.8 Å². The van der Waals surface area contributed by atoms with Crippen LogP contribution < -0.4 is 0 Å². The van der Waals surface area contributed by atoms with Crippen LogP contribution in [0, 0.1) is 11.8 Å². The molecule has 1 aliphatic carbocycles. The van der Waals surface area contributed by atoms with Gasteiger partial charge in [0.05, 0.1) is 0 Å². The van der Waals surface area contributed by atoms with Crippen molar-refractivity contribution in [1.29, 1.82) is 0 Å². The summed E-state index contributed by atoms with van der Waals surface area (Å²) in [5.41, 5.74) is 0. The Morgan fingerprint density at radius 1 is 0.312 bits per heavy atom. The summed E-state index contributed by atoms with van der Waals surface area (Å²) < 4.78 is 0. The summed E-state index contributed by atoms with van der Waals surface area (Å²) in [5.74, 6) is 6.63. The maximum Gasteiger partial charge on any atom is 0.00886 e. The van der Waals surface area contributed by atoms with Crippen LogP contribution in [0.4, 0.5) is 0 Å². The molecule has 0 saturated heterocycles. The Kier molecular flexibility index (Phi) is 9.42. The molecule has 0 radical (unpaired) electrons. The lowest BCUT2D eigenvalue weighted by Crippen LogP contribution is -1.83. The van der Waals surface area contributed by atoms with E-state index in [0.29, 0.717) is 0 Å². The summed E-state index contributed by atoms with van der Waals surface area (Å²) in [5, 5.41) is 0. The van der Waals surface area contributed by atoms with E-state index < -0.39 is 0 Å². The Hall–Kier alpha value is -0.440. The highest BCUT2D eigenvalue weighted by molar-refractivity contribution is 4.98. The van der Waals surface area contributed by atoms with Gasteiger partial charge in [-0.3, -0.25) is 0 Å². The quantitative estimate of drug-likeness (QED) is 0.475. The van der Waals surface area contributed by atoms with E-state index >= 15 is 0 Å². The van der Waals surface area contributed by atoms with Gasteiger partial charge in [0.25, 0.3) is 0 Å². The van der Waals surface area contributed by atoms with Crippen molar-refractivity contribution in [2.45, 2.75) is 89.9 Å². The van der Waals surface area contributed by atoms with Gasteiger partial charge in [-0.1, -0.05) is 64.2 Å². The monoisotopic (exact) mass is 220 g/mol. The summed E-state index contributed by atoms with van der Waals surface area (Å²) in [6.07, 6.45) is 19.4. The van der Waals surface area contributed by atoms with E-state index in [1.165, 1.54) is 77.0 Å². The van der Waals surface area contributed by atoms with E-state index in [4.69, 9.17) is 0 Å².